The third-order valence-corrected chi connectivity index (χ3v) is 3.95. The molecule has 3 aromatic heterocycles. The highest BCUT2D eigenvalue weighted by atomic mass is 32.2. The lowest BCUT2D eigenvalue weighted by Gasteiger charge is -2.09. The van der Waals surface area contributed by atoms with Crippen LogP contribution in [-0.2, 0) is 0 Å². The number of thioether (sulfide) groups is 1. The molecule has 9 heteroatoms. The van der Waals surface area contributed by atoms with E-state index in [1.807, 2.05) is 47.2 Å². The monoisotopic (exact) mass is 354 g/mol. The zero-order valence-corrected chi connectivity index (χ0v) is 14.1. The van der Waals surface area contributed by atoms with Gasteiger partial charge in [0.2, 0.25) is 0 Å². The van der Waals surface area contributed by atoms with Crippen LogP contribution in [0.15, 0.2) is 47.2 Å². The van der Waals surface area contributed by atoms with Crippen LogP contribution >= 0.6 is 11.8 Å². The van der Waals surface area contributed by atoms with E-state index in [-0.39, 0.29) is 5.82 Å². The average Bonchev–Trinajstić information content (AvgIpc) is 3.23. The van der Waals surface area contributed by atoms with Crippen LogP contribution in [-0.4, -0.2) is 37.0 Å². The van der Waals surface area contributed by atoms with Crippen molar-refractivity contribution in [2.45, 2.75) is 0 Å². The zero-order valence-electron chi connectivity index (χ0n) is 13.3. The Balaban J connectivity index is 1.87. The minimum atomic E-state index is 0.177. The Labute approximate surface area is 147 Å². The first-order chi connectivity index (χ1) is 12.3. The SMILES string of the molecule is CSCOc1ccc(-n2c(-c3nonc3N)nc3ncccc32)cc1. The van der Waals surface area contributed by atoms with Crippen molar-refractivity contribution in [3.8, 4) is 23.0 Å². The summed E-state index contributed by atoms with van der Waals surface area (Å²) in [5.41, 5.74) is 8.53. The average molecular weight is 354 g/mol. The van der Waals surface area contributed by atoms with E-state index in [1.165, 1.54) is 0 Å². The molecule has 0 spiro atoms. The molecule has 0 unspecified atom stereocenters. The Morgan fingerprint density at radius 1 is 1.20 bits per heavy atom. The molecule has 0 aliphatic rings. The summed E-state index contributed by atoms with van der Waals surface area (Å²) in [6.07, 6.45) is 3.68. The summed E-state index contributed by atoms with van der Waals surface area (Å²) in [5, 5.41) is 7.52. The maximum atomic E-state index is 5.86. The Hall–Kier alpha value is -3.07. The van der Waals surface area contributed by atoms with E-state index < -0.39 is 0 Å². The standard InChI is InChI=1S/C16H14N6O2S/c1-25-9-23-11-6-4-10(5-7-11)22-12-3-2-8-18-15(12)19-16(22)13-14(17)21-24-20-13/h2-8H,9H2,1H3,(H2,17,21). The van der Waals surface area contributed by atoms with Gasteiger partial charge in [-0.15, -0.1) is 11.8 Å². The molecule has 3 heterocycles. The number of nitrogens with zero attached hydrogens (tertiary/aromatic N) is 5. The molecule has 4 aromatic rings. The molecule has 0 amide bonds. The van der Waals surface area contributed by atoms with Crippen molar-refractivity contribution >= 4 is 28.7 Å². The Morgan fingerprint density at radius 2 is 2.04 bits per heavy atom. The number of fused-ring (bicyclic) bond motifs is 1. The summed E-state index contributed by atoms with van der Waals surface area (Å²) < 4.78 is 12.2. The van der Waals surface area contributed by atoms with Crippen molar-refractivity contribution in [2.24, 2.45) is 0 Å². The smallest absolute Gasteiger partial charge is 0.199 e. The van der Waals surface area contributed by atoms with Crippen LogP contribution in [0.1, 0.15) is 0 Å². The van der Waals surface area contributed by atoms with Gasteiger partial charge in [-0.3, -0.25) is 4.57 Å². The van der Waals surface area contributed by atoms with Gasteiger partial charge in [-0.1, -0.05) is 0 Å². The summed E-state index contributed by atoms with van der Waals surface area (Å²) in [4.78, 5) is 8.85. The number of imidazole rings is 1. The lowest BCUT2D eigenvalue weighted by Crippen LogP contribution is -2.00. The Bertz CT molecular complexity index is 1010. The van der Waals surface area contributed by atoms with Gasteiger partial charge in [-0.25, -0.2) is 14.6 Å². The predicted molar refractivity (Wildman–Crippen MR) is 95.6 cm³/mol. The Kier molecular flexibility index (Phi) is 3.98. The van der Waals surface area contributed by atoms with Crippen molar-refractivity contribution in [1.29, 1.82) is 0 Å². The van der Waals surface area contributed by atoms with Gasteiger partial charge in [-0.05, 0) is 53.0 Å². The number of benzene rings is 1. The largest absolute Gasteiger partial charge is 0.483 e. The maximum Gasteiger partial charge on any atom is 0.199 e. The second-order valence-electron chi connectivity index (χ2n) is 5.16. The van der Waals surface area contributed by atoms with E-state index in [1.54, 1.807) is 18.0 Å². The van der Waals surface area contributed by atoms with E-state index in [9.17, 15) is 0 Å². The third-order valence-electron chi connectivity index (χ3n) is 3.59. The highest BCUT2D eigenvalue weighted by molar-refractivity contribution is 7.98. The number of rotatable bonds is 5. The topological polar surface area (TPSA) is 105 Å². The van der Waals surface area contributed by atoms with Crippen LogP contribution in [0.5, 0.6) is 5.75 Å². The molecule has 0 saturated carbocycles. The van der Waals surface area contributed by atoms with Crippen LogP contribution in [0, 0.1) is 0 Å². The maximum absolute atomic E-state index is 5.86. The fourth-order valence-corrected chi connectivity index (χ4v) is 2.76. The highest BCUT2D eigenvalue weighted by Crippen LogP contribution is 2.29. The van der Waals surface area contributed by atoms with Crippen molar-refractivity contribution < 1.29 is 9.37 Å². The van der Waals surface area contributed by atoms with E-state index in [0.29, 0.717) is 23.1 Å². The van der Waals surface area contributed by atoms with E-state index >= 15 is 0 Å². The van der Waals surface area contributed by atoms with Crippen LogP contribution in [0.25, 0.3) is 28.4 Å². The number of anilines is 1. The lowest BCUT2D eigenvalue weighted by molar-refractivity contribution is 0.310. The van der Waals surface area contributed by atoms with Gasteiger partial charge in [0.1, 0.15) is 11.7 Å². The summed E-state index contributed by atoms with van der Waals surface area (Å²) in [7, 11) is 0. The molecule has 8 nitrogen and oxygen atoms in total. The van der Waals surface area contributed by atoms with Crippen molar-refractivity contribution in [3.63, 3.8) is 0 Å². The molecule has 0 atom stereocenters. The minimum absolute atomic E-state index is 0.177. The highest BCUT2D eigenvalue weighted by Gasteiger charge is 2.20. The molecule has 0 bridgehead atoms. The molecule has 2 N–H and O–H groups in total. The number of aromatic nitrogens is 5. The molecule has 0 radical (unpaired) electrons. The molecular weight excluding hydrogens is 340 g/mol. The summed E-state index contributed by atoms with van der Waals surface area (Å²) in [5.74, 6) is 2.09. The minimum Gasteiger partial charge on any atom is -0.483 e. The number of hydrogen-bond acceptors (Lipinski definition) is 8. The van der Waals surface area contributed by atoms with E-state index in [0.717, 1.165) is 17.0 Å². The van der Waals surface area contributed by atoms with Gasteiger partial charge in [0.15, 0.2) is 23.0 Å². The second kappa shape index (κ2) is 6.44. The number of nitrogens with two attached hydrogens (primary N) is 1. The first-order valence-electron chi connectivity index (χ1n) is 7.42. The van der Waals surface area contributed by atoms with Crippen molar-refractivity contribution in [3.05, 3.63) is 42.6 Å². The lowest BCUT2D eigenvalue weighted by atomic mass is 10.2. The molecular formula is C16H14N6O2S. The molecule has 0 fully saturated rings. The van der Waals surface area contributed by atoms with Gasteiger partial charge >= 0.3 is 0 Å². The second-order valence-corrected chi connectivity index (χ2v) is 5.97. The van der Waals surface area contributed by atoms with Gasteiger partial charge < -0.3 is 10.5 Å². The van der Waals surface area contributed by atoms with Crippen LogP contribution < -0.4 is 10.5 Å². The third kappa shape index (κ3) is 2.78. The van der Waals surface area contributed by atoms with Crippen LogP contribution in [0.2, 0.25) is 0 Å². The first-order valence-corrected chi connectivity index (χ1v) is 8.81. The number of pyridine rings is 1. The van der Waals surface area contributed by atoms with Gasteiger partial charge in [0.05, 0.1) is 5.52 Å². The van der Waals surface area contributed by atoms with Gasteiger partial charge in [-0.2, -0.15) is 0 Å². The summed E-state index contributed by atoms with van der Waals surface area (Å²) >= 11 is 1.62. The predicted octanol–water partition coefficient (Wildman–Crippen LogP) is 2.75. The van der Waals surface area contributed by atoms with Gasteiger partial charge in [0.25, 0.3) is 0 Å². The normalized spacial score (nSPS) is 11.1. The Morgan fingerprint density at radius 3 is 2.76 bits per heavy atom. The van der Waals surface area contributed by atoms with Crippen LogP contribution in [0.4, 0.5) is 5.82 Å². The molecule has 1 aromatic carbocycles. The van der Waals surface area contributed by atoms with E-state index in [4.69, 9.17) is 15.1 Å². The molecule has 25 heavy (non-hydrogen) atoms. The quantitative estimate of drug-likeness (QED) is 0.546. The zero-order chi connectivity index (χ0) is 17.2. The fourth-order valence-electron chi connectivity index (χ4n) is 2.50. The number of ether oxygens (including phenoxy) is 1. The molecule has 126 valence electrons. The van der Waals surface area contributed by atoms with Crippen molar-refractivity contribution in [1.82, 2.24) is 24.8 Å². The van der Waals surface area contributed by atoms with Crippen molar-refractivity contribution in [2.75, 3.05) is 17.9 Å². The van der Waals surface area contributed by atoms with E-state index in [2.05, 4.69) is 20.3 Å². The molecule has 0 aliphatic carbocycles. The molecule has 0 saturated heterocycles. The first kappa shape index (κ1) is 15.5. The van der Waals surface area contributed by atoms with Crippen LogP contribution in [0.3, 0.4) is 0 Å². The number of hydrogen-bond donors (Lipinski definition) is 1. The summed E-state index contributed by atoms with van der Waals surface area (Å²) in [6, 6.07) is 11.5. The fraction of sp³-hybridized carbons (Fsp3) is 0.125. The number of nitrogen functional groups attached to an aromatic ring is 1. The van der Waals surface area contributed by atoms with Gasteiger partial charge in [0, 0.05) is 11.9 Å². The molecule has 0 aliphatic heterocycles. The molecule has 4 rings (SSSR count). The summed E-state index contributed by atoms with van der Waals surface area (Å²) in [6.45, 7) is 0.